The number of carbonyl (C=O) groups is 1. The van der Waals surface area contributed by atoms with Crippen molar-refractivity contribution >= 4 is 23.3 Å². The molecule has 2 rings (SSSR count). The predicted octanol–water partition coefficient (Wildman–Crippen LogP) is 3.47. The highest BCUT2D eigenvalue weighted by Gasteiger charge is 2.10. The largest absolute Gasteiger partial charge is 0.387 e. The molecule has 22 heavy (non-hydrogen) atoms. The van der Waals surface area contributed by atoms with E-state index in [4.69, 9.17) is 11.6 Å². The third kappa shape index (κ3) is 4.68. The normalized spacial score (nSPS) is 11.8. The number of hydrogen-bond acceptors (Lipinski definition) is 2. The van der Waals surface area contributed by atoms with Crippen LogP contribution in [0.5, 0.6) is 0 Å². The Bertz CT molecular complexity index is 645. The molecule has 0 aliphatic heterocycles. The SMILES string of the molecule is O=C(NCC(O)c1ccc(Cl)cc1)Nc1cc(F)cc(F)c1. The molecule has 2 aromatic rings. The Morgan fingerprint density at radius 1 is 1.14 bits per heavy atom. The van der Waals surface area contributed by atoms with Gasteiger partial charge in [0.15, 0.2) is 0 Å². The molecule has 0 saturated carbocycles. The maximum absolute atomic E-state index is 13.0. The molecule has 1 atom stereocenters. The molecule has 0 aliphatic rings. The van der Waals surface area contributed by atoms with Gasteiger partial charge in [-0.25, -0.2) is 13.6 Å². The zero-order valence-electron chi connectivity index (χ0n) is 11.3. The van der Waals surface area contributed by atoms with Crippen LogP contribution in [0.4, 0.5) is 19.3 Å². The molecular weight excluding hydrogens is 314 g/mol. The van der Waals surface area contributed by atoms with Crippen molar-refractivity contribution < 1.29 is 18.7 Å². The van der Waals surface area contributed by atoms with E-state index in [0.29, 0.717) is 16.7 Å². The first-order chi connectivity index (χ1) is 10.4. The third-order valence-electron chi connectivity index (χ3n) is 2.83. The molecule has 0 spiro atoms. The lowest BCUT2D eigenvalue weighted by Gasteiger charge is -2.13. The Morgan fingerprint density at radius 2 is 1.73 bits per heavy atom. The van der Waals surface area contributed by atoms with E-state index >= 15 is 0 Å². The van der Waals surface area contributed by atoms with Gasteiger partial charge in [-0.3, -0.25) is 0 Å². The Balaban J connectivity index is 1.88. The maximum Gasteiger partial charge on any atom is 0.319 e. The van der Waals surface area contributed by atoms with E-state index < -0.39 is 23.8 Å². The van der Waals surface area contributed by atoms with Crippen LogP contribution in [0.3, 0.4) is 0 Å². The minimum absolute atomic E-state index is 0.0176. The van der Waals surface area contributed by atoms with Gasteiger partial charge in [-0.1, -0.05) is 23.7 Å². The molecule has 2 aromatic carbocycles. The van der Waals surface area contributed by atoms with Crippen molar-refractivity contribution in [1.29, 1.82) is 0 Å². The van der Waals surface area contributed by atoms with Gasteiger partial charge in [-0.15, -0.1) is 0 Å². The Hall–Kier alpha value is -2.18. The molecule has 4 nitrogen and oxygen atoms in total. The summed E-state index contributed by atoms with van der Waals surface area (Å²) in [5, 5.41) is 15.1. The zero-order chi connectivity index (χ0) is 16.1. The fourth-order valence-electron chi connectivity index (χ4n) is 1.79. The summed E-state index contributed by atoms with van der Waals surface area (Å²) in [5.74, 6) is -1.59. The van der Waals surface area contributed by atoms with E-state index in [-0.39, 0.29) is 12.2 Å². The second-order valence-electron chi connectivity index (χ2n) is 4.56. The number of aliphatic hydroxyl groups is 1. The van der Waals surface area contributed by atoms with Crippen LogP contribution >= 0.6 is 11.6 Å². The van der Waals surface area contributed by atoms with Crippen LogP contribution in [0.1, 0.15) is 11.7 Å². The summed E-state index contributed by atoms with van der Waals surface area (Å²) in [6, 6.07) is 8.50. The van der Waals surface area contributed by atoms with Crippen molar-refractivity contribution in [3.63, 3.8) is 0 Å². The van der Waals surface area contributed by atoms with Crippen molar-refractivity contribution in [2.75, 3.05) is 11.9 Å². The molecule has 7 heteroatoms. The smallest absolute Gasteiger partial charge is 0.319 e. The zero-order valence-corrected chi connectivity index (χ0v) is 12.1. The standard InChI is InChI=1S/C15H13ClF2N2O2/c16-10-3-1-9(2-4-10)14(21)8-19-15(22)20-13-6-11(17)5-12(18)7-13/h1-7,14,21H,8H2,(H2,19,20,22). The first kappa shape index (κ1) is 16.2. The van der Waals surface area contributed by atoms with E-state index in [1.807, 2.05) is 0 Å². The molecule has 3 N–H and O–H groups in total. The second kappa shape index (κ2) is 7.20. The van der Waals surface area contributed by atoms with Gasteiger partial charge in [0.1, 0.15) is 11.6 Å². The summed E-state index contributed by atoms with van der Waals surface area (Å²) in [6.07, 6.45) is -0.924. The number of rotatable bonds is 4. The number of benzene rings is 2. The van der Waals surface area contributed by atoms with Crippen molar-refractivity contribution in [1.82, 2.24) is 5.32 Å². The highest BCUT2D eigenvalue weighted by atomic mass is 35.5. The van der Waals surface area contributed by atoms with Crippen molar-refractivity contribution in [3.05, 3.63) is 64.7 Å². The molecule has 1 unspecified atom stereocenters. The molecule has 0 saturated heterocycles. The first-order valence-electron chi connectivity index (χ1n) is 6.38. The van der Waals surface area contributed by atoms with Crippen molar-refractivity contribution in [2.45, 2.75) is 6.10 Å². The highest BCUT2D eigenvalue weighted by Crippen LogP contribution is 2.16. The van der Waals surface area contributed by atoms with Gasteiger partial charge in [0.05, 0.1) is 6.10 Å². The second-order valence-corrected chi connectivity index (χ2v) is 5.00. The van der Waals surface area contributed by atoms with Crippen LogP contribution in [0.25, 0.3) is 0 Å². The molecule has 2 amide bonds. The summed E-state index contributed by atoms with van der Waals surface area (Å²) in [6.45, 7) is -0.0642. The lowest BCUT2D eigenvalue weighted by molar-refractivity contribution is 0.175. The monoisotopic (exact) mass is 326 g/mol. The summed E-state index contributed by atoms with van der Waals surface area (Å²) < 4.78 is 26.0. The average Bonchev–Trinajstić information content (AvgIpc) is 2.44. The van der Waals surface area contributed by atoms with E-state index in [1.54, 1.807) is 24.3 Å². The van der Waals surface area contributed by atoms with E-state index in [2.05, 4.69) is 10.6 Å². The molecule has 0 aromatic heterocycles. The molecule has 0 aliphatic carbocycles. The number of carbonyl (C=O) groups excluding carboxylic acids is 1. The number of anilines is 1. The van der Waals surface area contributed by atoms with Crippen LogP contribution in [-0.2, 0) is 0 Å². The number of halogens is 3. The molecule has 0 bridgehead atoms. The van der Waals surface area contributed by atoms with Crippen LogP contribution in [-0.4, -0.2) is 17.7 Å². The molecule has 116 valence electrons. The average molecular weight is 327 g/mol. The van der Waals surface area contributed by atoms with Crippen molar-refractivity contribution in [2.24, 2.45) is 0 Å². The van der Waals surface area contributed by atoms with Crippen LogP contribution in [0.15, 0.2) is 42.5 Å². The third-order valence-corrected chi connectivity index (χ3v) is 3.08. The van der Waals surface area contributed by atoms with Crippen LogP contribution in [0, 0.1) is 11.6 Å². The van der Waals surface area contributed by atoms with Gasteiger partial charge in [0.25, 0.3) is 0 Å². The van der Waals surface area contributed by atoms with Gasteiger partial charge in [0, 0.05) is 23.3 Å². The molecule has 0 heterocycles. The Kier molecular flexibility index (Phi) is 5.30. The number of nitrogens with one attached hydrogen (secondary N) is 2. The fraction of sp³-hybridized carbons (Fsp3) is 0.133. The first-order valence-corrected chi connectivity index (χ1v) is 6.76. The van der Waals surface area contributed by atoms with E-state index in [9.17, 15) is 18.7 Å². The fourth-order valence-corrected chi connectivity index (χ4v) is 1.92. The number of aliphatic hydroxyl groups excluding tert-OH is 1. The Morgan fingerprint density at radius 3 is 2.32 bits per heavy atom. The summed E-state index contributed by atoms with van der Waals surface area (Å²) in [7, 11) is 0. The van der Waals surface area contributed by atoms with E-state index in [1.165, 1.54) is 0 Å². The number of amides is 2. The summed E-state index contributed by atoms with van der Waals surface area (Å²) >= 11 is 5.74. The minimum Gasteiger partial charge on any atom is -0.387 e. The Labute approximate surface area is 130 Å². The van der Waals surface area contributed by atoms with Gasteiger partial charge in [-0.05, 0) is 29.8 Å². The van der Waals surface area contributed by atoms with Crippen molar-refractivity contribution in [3.8, 4) is 0 Å². The van der Waals surface area contributed by atoms with Gasteiger partial charge in [0.2, 0.25) is 0 Å². The van der Waals surface area contributed by atoms with Gasteiger partial charge >= 0.3 is 6.03 Å². The van der Waals surface area contributed by atoms with Crippen LogP contribution in [0.2, 0.25) is 5.02 Å². The molecule has 0 radical (unpaired) electrons. The number of hydrogen-bond donors (Lipinski definition) is 3. The summed E-state index contributed by atoms with van der Waals surface area (Å²) in [4.78, 5) is 11.6. The maximum atomic E-state index is 13.0. The van der Waals surface area contributed by atoms with Gasteiger partial charge < -0.3 is 15.7 Å². The predicted molar refractivity (Wildman–Crippen MR) is 79.8 cm³/mol. The highest BCUT2D eigenvalue weighted by molar-refractivity contribution is 6.30. The van der Waals surface area contributed by atoms with Crippen LogP contribution < -0.4 is 10.6 Å². The number of urea groups is 1. The lowest BCUT2D eigenvalue weighted by Crippen LogP contribution is -2.32. The van der Waals surface area contributed by atoms with Gasteiger partial charge in [-0.2, -0.15) is 0 Å². The minimum atomic E-state index is -0.924. The quantitative estimate of drug-likeness (QED) is 0.805. The lowest BCUT2D eigenvalue weighted by atomic mass is 10.1. The summed E-state index contributed by atoms with van der Waals surface area (Å²) in [5.41, 5.74) is 0.567. The molecule has 0 fully saturated rings. The topological polar surface area (TPSA) is 61.4 Å². The van der Waals surface area contributed by atoms with E-state index in [0.717, 1.165) is 12.1 Å². The molecular formula is C15H13ClF2N2O2.